The van der Waals surface area contributed by atoms with Crippen LogP contribution in [0.5, 0.6) is 11.5 Å². The largest absolute Gasteiger partial charge is 0.493 e. The Bertz CT molecular complexity index is 451. The van der Waals surface area contributed by atoms with Crippen LogP contribution in [0.3, 0.4) is 0 Å². The Morgan fingerprint density at radius 2 is 1.74 bits per heavy atom. The van der Waals surface area contributed by atoms with Gasteiger partial charge < -0.3 is 25.0 Å². The fourth-order valence-electron chi connectivity index (χ4n) is 2.66. The van der Waals surface area contributed by atoms with Crippen LogP contribution in [0, 0.1) is 0 Å². The van der Waals surface area contributed by atoms with Gasteiger partial charge in [-0.15, -0.1) is 0 Å². The Morgan fingerprint density at radius 3 is 2.26 bits per heavy atom. The number of hydrogen-bond donors (Lipinski definition) is 1. The maximum atomic E-state index is 5.70. The van der Waals surface area contributed by atoms with Gasteiger partial charge in [-0.3, -0.25) is 0 Å². The predicted octanol–water partition coefficient (Wildman–Crippen LogP) is 1.31. The fourth-order valence-corrected chi connectivity index (χ4v) is 2.66. The van der Waals surface area contributed by atoms with Crippen LogP contribution in [0.1, 0.15) is 6.42 Å². The Labute approximate surface area is 114 Å². The minimum atomic E-state index is 0.431. The van der Waals surface area contributed by atoms with Crippen molar-refractivity contribution >= 4 is 11.4 Å². The first-order chi connectivity index (χ1) is 9.12. The third kappa shape index (κ3) is 2.42. The Hall–Kier alpha value is -1.62. The molecular weight excluding hydrogens is 242 g/mol. The van der Waals surface area contributed by atoms with Gasteiger partial charge in [-0.2, -0.15) is 0 Å². The van der Waals surface area contributed by atoms with Gasteiger partial charge in [0, 0.05) is 38.8 Å². The van der Waals surface area contributed by atoms with Crippen LogP contribution in [0.15, 0.2) is 12.1 Å². The molecule has 2 rings (SSSR count). The highest BCUT2D eigenvalue weighted by Gasteiger charge is 2.27. The van der Waals surface area contributed by atoms with Crippen molar-refractivity contribution < 1.29 is 9.47 Å². The summed E-state index contributed by atoms with van der Waals surface area (Å²) < 4.78 is 10.8. The van der Waals surface area contributed by atoms with E-state index in [1.54, 1.807) is 14.2 Å². The second kappa shape index (κ2) is 5.57. The Morgan fingerprint density at radius 1 is 1.16 bits per heavy atom. The molecule has 19 heavy (non-hydrogen) atoms. The van der Waals surface area contributed by atoms with E-state index in [1.807, 2.05) is 12.1 Å². The first-order valence-electron chi connectivity index (χ1n) is 6.52. The number of nitrogens with zero attached hydrogens (tertiary/aromatic N) is 2. The number of anilines is 2. The number of benzene rings is 1. The molecule has 5 nitrogen and oxygen atoms in total. The standard InChI is InChI=1S/C14H23N3O2/c1-16-9-10(5-6-15)17(2)12-8-14(19-4)13(18-3)7-11(12)16/h7-8,10H,5-6,9,15H2,1-4H3. The second-order valence-electron chi connectivity index (χ2n) is 4.92. The molecule has 1 aliphatic rings. The van der Waals surface area contributed by atoms with Gasteiger partial charge in [0.2, 0.25) is 0 Å². The van der Waals surface area contributed by atoms with Crippen molar-refractivity contribution in [2.24, 2.45) is 5.73 Å². The number of likely N-dealkylation sites (N-methyl/N-ethyl adjacent to an activating group) is 2. The number of fused-ring (bicyclic) bond motifs is 1. The van der Waals surface area contributed by atoms with E-state index in [4.69, 9.17) is 15.2 Å². The molecule has 0 spiro atoms. The lowest BCUT2D eigenvalue weighted by atomic mass is 10.0. The monoisotopic (exact) mass is 265 g/mol. The predicted molar refractivity (Wildman–Crippen MR) is 78.7 cm³/mol. The summed E-state index contributed by atoms with van der Waals surface area (Å²) in [5.41, 5.74) is 8.02. The van der Waals surface area contributed by atoms with E-state index in [2.05, 4.69) is 23.9 Å². The van der Waals surface area contributed by atoms with Crippen molar-refractivity contribution in [3.05, 3.63) is 12.1 Å². The minimum Gasteiger partial charge on any atom is -0.493 e. The SMILES string of the molecule is COc1cc2c(cc1OC)N(C)C(CCN)CN2C. The van der Waals surface area contributed by atoms with Gasteiger partial charge in [-0.1, -0.05) is 0 Å². The van der Waals surface area contributed by atoms with E-state index >= 15 is 0 Å². The summed E-state index contributed by atoms with van der Waals surface area (Å²) in [5.74, 6) is 1.52. The summed E-state index contributed by atoms with van der Waals surface area (Å²) in [4.78, 5) is 4.53. The molecule has 1 unspecified atom stereocenters. The minimum absolute atomic E-state index is 0.431. The smallest absolute Gasteiger partial charge is 0.162 e. The zero-order chi connectivity index (χ0) is 14.0. The molecule has 0 bridgehead atoms. The quantitative estimate of drug-likeness (QED) is 0.889. The summed E-state index contributed by atoms with van der Waals surface area (Å²) in [6.45, 7) is 1.67. The zero-order valence-corrected chi connectivity index (χ0v) is 12.1. The second-order valence-corrected chi connectivity index (χ2v) is 4.92. The highest BCUT2D eigenvalue weighted by atomic mass is 16.5. The summed E-state index contributed by atoms with van der Waals surface area (Å²) in [5, 5.41) is 0. The third-order valence-electron chi connectivity index (χ3n) is 3.80. The van der Waals surface area contributed by atoms with Crippen molar-refractivity contribution in [2.75, 3.05) is 51.2 Å². The summed E-state index contributed by atoms with van der Waals surface area (Å²) in [7, 11) is 7.53. The van der Waals surface area contributed by atoms with Crippen LogP contribution >= 0.6 is 0 Å². The summed E-state index contributed by atoms with van der Waals surface area (Å²) in [6.07, 6.45) is 0.981. The van der Waals surface area contributed by atoms with Crippen molar-refractivity contribution in [2.45, 2.75) is 12.5 Å². The van der Waals surface area contributed by atoms with Gasteiger partial charge in [0.05, 0.1) is 25.6 Å². The van der Waals surface area contributed by atoms with Crippen LogP contribution in [-0.4, -0.2) is 47.4 Å². The lowest BCUT2D eigenvalue weighted by molar-refractivity contribution is 0.354. The van der Waals surface area contributed by atoms with Gasteiger partial charge in [0.1, 0.15) is 0 Å². The Kier molecular flexibility index (Phi) is 4.04. The maximum Gasteiger partial charge on any atom is 0.162 e. The summed E-state index contributed by atoms with van der Waals surface area (Å²) >= 11 is 0. The van der Waals surface area contributed by atoms with Crippen molar-refractivity contribution in [1.82, 2.24) is 0 Å². The van der Waals surface area contributed by atoms with E-state index in [0.29, 0.717) is 12.6 Å². The van der Waals surface area contributed by atoms with Crippen LogP contribution in [0.4, 0.5) is 11.4 Å². The molecule has 5 heteroatoms. The van der Waals surface area contributed by atoms with E-state index in [-0.39, 0.29) is 0 Å². The lowest BCUT2D eigenvalue weighted by Crippen LogP contribution is -2.46. The van der Waals surface area contributed by atoms with E-state index in [1.165, 1.54) is 0 Å². The topological polar surface area (TPSA) is 51.0 Å². The molecule has 0 aliphatic carbocycles. The molecule has 1 aromatic rings. The van der Waals surface area contributed by atoms with Crippen LogP contribution < -0.4 is 25.0 Å². The number of rotatable bonds is 4. The maximum absolute atomic E-state index is 5.70. The van der Waals surface area contributed by atoms with Crippen molar-refractivity contribution in [1.29, 1.82) is 0 Å². The average Bonchev–Trinajstić information content (AvgIpc) is 2.43. The number of methoxy groups -OCH3 is 2. The molecule has 106 valence electrons. The Balaban J connectivity index is 2.44. The molecule has 0 radical (unpaired) electrons. The lowest BCUT2D eigenvalue weighted by Gasteiger charge is -2.41. The first kappa shape index (κ1) is 13.8. The van der Waals surface area contributed by atoms with Gasteiger partial charge in [0.25, 0.3) is 0 Å². The molecule has 1 aromatic carbocycles. The third-order valence-corrected chi connectivity index (χ3v) is 3.80. The number of ether oxygens (including phenoxy) is 2. The van der Waals surface area contributed by atoms with Crippen LogP contribution in [-0.2, 0) is 0 Å². The van der Waals surface area contributed by atoms with E-state index in [0.717, 1.165) is 35.8 Å². The zero-order valence-electron chi connectivity index (χ0n) is 12.1. The number of nitrogens with two attached hydrogens (primary N) is 1. The van der Waals surface area contributed by atoms with Gasteiger partial charge in [-0.25, -0.2) is 0 Å². The molecule has 0 fully saturated rings. The molecule has 1 atom stereocenters. The summed E-state index contributed by atoms with van der Waals surface area (Å²) in [6, 6.07) is 4.50. The van der Waals surface area contributed by atoms with Crippen molar-refractivity contribution in [3.63, 3.8) is 0 Å². The number of hydrogen-bond acceptors (Lipinski definition) is 5. The molecule has 1 aliphatic heterocycles. The molecular formula is C14H23N3O2. The van der Waals surface area contributed by atoms with E-state index in [9.17, 15) is 0 Å². The molecule has 1 heterocycles. The van der Waals surface area contributed by atoms with Crippen LogP contribution in [0.2, 0.25) is 0 Å². The molecule has 0 saturated carbocycles. The molecule has 2 N–H and O–H groups in total. The average molecular weight is 265 g/mol. The van der Waals surface area contributed by atoms with Gasteiger partial charge in [0.15, 0.2) is 11.5 Å². The fraction of sp³-hybridized carbons (Fsp3) is 0.571. The molecule has 0 aromatic heterocycles. The van der Waals surface area contributed by atoms with Crippen LogP contribution in [0.25, 0.3) is 0 Å². The van der Waals surface area contributed by atoms with Gasteiger partial charge in [-0.05, 0) is 13.0 Å². The normalized spacial score (nSPS) is 18.3. The molecule has 0 amide bonds. The molecule has 0 saturated heterocycles. The highest BCUT2D eigenvalue weighted by Crippen LogP contribution is 2.42. The van der Waals surface area contributed by atoms with Crippen molar-refractivity contribution in [3.8, 4) is 11.5 Å². The first-order valence-corrected chi connectivity index (χ1v) is 6.52. The highest BCUT2D eigenvalue weighted by molar-refractivity contribution is 5.78. The van der Waals surface area contributed by atoms with E-state index < -0.39 is 0 Å². The van der Waals surface area contributed by atoms with Gasteiger partial charge >= 0.3 is 0 Å².